The molecule has 108 valence electrons. The molecule has 2 fully saturated rings. The Balaban J connectivity index is 1.90. The number of halogens is 1. The van der Waals surface area contributed by atoms with Crippen LogP contribution in [0.25, 0.3) is 0 Å². The van der Waals surface area contributed by atoms with Gasteiger partial charge in [0.2, 0.25) is 5.82 Å². The van der Waals surface area contributed by atoms with E-state index in [9.17, 15) is 10.1 Å². The van der Waals surface area contributed by atoms with Crippen molar-refractivity contribution in [2.45, 2.75) is 18.6 Å². The average Bonchev–Trinajstić information content (AvgIpc) is 2.86. The molecular formula is C12H14BrN3O4. The van der Waals surface area contributed by atoms with Gasteiger partial charge in [0.05, 0.1) is 24.7 Å². The molecule has 1 aromatic rings. The van der Waals surface area contributed by atoms with Crippen LogP contribution in [0.5, 0.6) is 0 Å². The molecule has 0 atom stereocenters. The first-order valence-corrected chi connectivity index (χ1v) is 7.22. The number of piperidine rings is 1. The third-order valence-corrected chi connectivity index (χ3v) is 3.97. The minimum absolute atomic E-state index is 0.00516. The quantitative estimate of drug-likeness (QED) is 0.604. The number of nitro groups is 1. The zero-order valence-electron chi connectivity index (χ0n) is 10.7. The fraction of sp³-hybridized carbons (Fsp3) is 0.583. The summed E-state index contributed by atoms with van der Waals surface area (Å²) in [6, 6.07) is 1.47. The molecule has 0 unspecified atom stereocenters. The molecule has 0 aliphatic carbocycles. The van der Waals surface area contributed by atoms with Gasteiger partial charge in [0.15, 0.2) is 5.79 Å². The first-order chi connectivity index (χ1) is 9.60. The highest BCUT2D eigenvalue weighted by Crippen LogP contribution is 2.35. The van der Waals surface area contributed by atoms with Gasteiger partial charge in [0.25, 0.3) is 0 Å². The van der Waals surface area contributed by atoms with Crippen molar-refractivity contribution >= 4 is 27.4 Å². The lowest BCUT2D eigenvalue weighted by atomic mass is 10.0. The van der Waals surface area contributed by atoms with E-state index in [1.165, 1.54) is 6.07 Å². The van der Waals surface area contributed by atoms with Gasteiger partial charge in [-0.25, -0.2) is 4.98 Å². The van der Waals surface area contributed by atoms with Gasteiger partial charge in [-0.1, -0.05) is 0 Å². The SMILES string of the molecule is O=[N+]([O-])c1cc(Br)cnc1N1CCCC2(C1)OCCO2. The summed E-state index contributed by atoms with van der Waals surface area (Å²) in [5.74, 6) is -0.252. The third-order valence-electron chi connectivity index (χ3n) is 3.54. The van der Waals surface area contributed by atoms with E-state index in [0.29, 0.717) is 36.6 Å². The fourth-order valence-corrected chi connectivity index (χ4v) is 3.02. The number of anilines is 1. The van der Waals surface area contributed by atoms with Crippen LogP contribution in [-0.4, -0.2) is 42.0 Å². The molecule has 1 spiro atoms. The lowest BCUT2D eigenvalue weighted by Gasteiger charge is -2.38. The van der Waals surface area contributed by atoms with E-state index in [1.54, 1.807) is 6.20 Å². The van der Waals surface area contributed by atoms with Crippen LogP contribution >= 0.6 is 15.9 Å². The number of ether oxygens (including phenoxy) is 2. The fourth-order valence-electron chi connectivity index (χ4n) is 2.70. The van der Waals surface area contributed by atoms with Gasteiger partial charge < -0.3 is 14.4 Å². The summed E-state index contributed by atoms with van der Waals surface area (Å²) in [5, 5.41) is 11.2. The van der Waals surface area contributed by atoms with Crippen molar-refractivity contribution < 1.29 is 14.4 Å². The number of aromatic nitrogens is 1. The highest BCUT2D eigenvalue weighted by atomic mass is 79.9. The summed E-state index contributed by atoms with van der Waals surface area (Å²) in [4.78, 5) is 16.9. The molecule has 3 heterocycles. The van der Waals surface area contributed by atoms with E-state index in [1.807, 2.05) is 4.90 Å². The normalized spacial score (nSPS) is 21.4. The second-order valence-electron chi connectivity index (χ2n) is 4.89. The smallest absolute Gasteiger partial charge is 0.312 e. The van der Waals surface area contributed by atoms with Gasteiger partial charge in [-0.15, -0.1) is 0 Å². The van der Waals surface area contributed by atoms with Crippen molar-refractivity contribution in [3.05, 3.63) is 26.9 Å². The average molecular weight is 344 g/mol. The van der Waals surface area contributed by atoms with Crippen LogP contribution in [0.2, 0.25) is 0 Å². The second-order valence-corrected chi connectivity index (χ2v) is 5.80. The number of hydrogen-bond acceptors (Lipinski definition) is 6. The van der Waals surface area contributed by atoms with Gasteiger partial charge in [-0.05, 0) is 22.4 Å². The maximum atomic E-state index is 11.2. The zero-order chi connectivity index (χ0) is 14.2. The molecule has 0 N–H and O–H groups in total. The van der Waals surface area contributed by atoms with Crippen molar-refractivity contribution in [3.63, 3.8) is 0 Å². The Hall–Kier alpha value is -1.25. The van der Waals surface area contributed by atoms with Crippen molar-refractivity contribution in [2.24, 2.45) is 0 Å². The van der Waals surface area contributed by atoms with Crippen molar-refractivity contribution in [1.29, 1.82) is 0 Å². The monoisotopic (exact) mass is 343 g/mol. The number of pyridine rings is 1. The Bertz CT molecular complexity index is 533. The van der Waals surface area contributed by atoms with Crippen LogP contribution in [0.4, 0.5) is 11.5 Å². The molecule has 0 aromatic carbocycles. The topological polar surface area (TPSA) is 77.7 Å². The largest absolute Gasteiger partial charge is 0.346 e. The molecule has 1 aromatic heterocycles. The van der Waals surface area contributed by atoms with E-state index in [-0.39, 0.29) is 5.69 Å². The van der Waals surface area contributed by atoms with Crippen molar-refractivity contribution in [1.82, 2.24) is 4.98 Å². The molecule has 2 saturated heterocycles. The van der Waals surface area contributed by atoms with Gasteiger partial charge in [-0.2, -0.15) is 0 Å². The van der Waals surface area contributed by atoms with Gasteiger partial charge in [-0.3, -0.25) is 10.1 Å². The van der Waals surface area contributed by atoms with Crippen LogP contribution in [0, 0.1) is 10.1 Å². The second kappa shape index (κ2) is 5.27. The minimum Gasteiger partial charge on any atom is -0.346 e. The maximum absolute atomic E-state index is 11.2. The molecule has 0 amide bonds. The van der Waals surface area contributed by atoms with E-state index >= 15 is 0 Å². The summed E-state index contributed by atoms with van der Waals surface area (Å²) in [6.07, 6.45) is 3.24. The molecule has 2 aliphatic heterocycles. The first kappa shape index (κ1) is 13.7. The van der Waals surface area contributed by atoms with E-state index in [2.05, 4.69) is 20.9 Å². The lowest BCUT2D eigenvalue weighted by molar-refractivity contribution is -0.384. The summed E-state index contributed by atoms with van der Waals surface area (Å²) >= 11 is 3.21. The lowest BCUT2D eigenvalue weighted by Crippen LogP contribution is -2.49. The number of rotatable bonds is 2. The van der Waals surface area contributed by atoms with Crippen LogP contribution in [-0.2, 0) is 9.47 Å². The predicted molar refractivity (Wildman–Crippen MR) is 74.7 cm³/mol. The summed E-state index contributed by atoms with van der Waals surface area (Å²) in [7, 11) is 0. The molecule has 20 heavy (non-hydrogen) atoms. The molecule has 0 bridgehead atoms. The Morgan fingerprint density at radius 1 is 1.45 bits per heavy atom. The number of hydrogen-bond donors (Lipinski definition) is 0. The first-order valence-electron chi connectivity index (χ1n) is 6.42. The predicted octanol–water partition coefficient (Wildman–Crippen LogP) is 2.10. The summed E-state index contributed by atoms with van der Waals surface area (Å²) < 4.78 is 12.0. The summed E-state index contributed by atoms with van der Waals surface area (Å²) in [5.41, 5.74) is -0.00516. The van der Waals surface area contributed by atoms with Crippen LogP contribution in [0.15, 0.2) is 16.7 Å². The van der Waals surface area contributed by atoms with Crippen molar-refractivity contribution in [2.75, 3.05) is 31.2 Å². The van der Waals surface area contributed by atoms with Crippen LogP contribution < -0.4 is 4.90 Å². The van der Waals surface area contributed by atoms with Crippen LogP contribution in [0.3, 0.4) is 0 Å². The Morgan fingerprint density at radius 3 is 2.90 bits per heavy atom. The van der Waals surface area contributed by atoms with Crippen LogP contribution in [0.1, 0.15) is 12.8 Å². The van der Waals surface area contributed by atoms with Gasteiger partial charge in [0, 0.05) is 29.7 Å². The summed E-state index contributed by atoms with van der Waals surface area (Å²) in [6.45, 7) is 2.33. The molecule has 2 aliphatic rings. The molecule has 0 radical (unpaired) electrons. The van der Waals surface area contributed by atoms with E-state index in [0.717, 1.165) is 12.8 Å². The number of nitrogens with zero attached hydrogens (tertiary/aromatic N) is 3. The maximum Gasteiger partial charge on any atom is 0.312 e. The van der Waals surface area contributed by atoms with E-state index in [4.69, 9.17) is 9.47 Å². The molecular weight excluding hydrogens is 330 g/mol. The van der Waals surface area contributed by atoms with Gasteiger partial charge >= 0.3 is 5.69 Å². The molecule has 7 nitrogen and oxygen atoms in total. The van der Waals surface area contributed by atoms with Crippen molar-refractivity contribution in [3.8, 4) is 0 Å². The highest BCUT2D eigenvalue weighted by molar-refractivity contribution is 9.10. The Morgan fingerprint density at radius 2 is 2.20 bits per heavy atom. The van der Waals surface area contributed by atoms with Gasteiger partial charge in [0.1, 0.15) is 0 Å². The molecule has 3 rings (SSSR count). The molecule has 0 saturated carbocycles. The Kier molecular flexibility index (Phi) is 3.61. The highest BCUT2D eigenvalue weighted by Gasteiger charge is 2.42. The molecule has 8 heteroatoms. The Labute approximate surface area is 124 Å². The third kappa shape index (κ3) is 2.50. The van der Waals surface area contributed by atoms with E-state index < -0.39 is 10.7 Å². The zero-order valence-corrected chi connectivity index (χ0v) is 12.3. The standard InChI is InChI=1S/C12H14BrN3O4/c13-9-6-10(16(17)18)11(14-7-9)15-3-1-2-12(8-15)19-4-5-20-12/h6-7H,1-5,8H2. The minimum atomic E-state index is -0.624.